The molecular formula is C18H28N2O. The van der Waals surface area contributed by atoms with Gasteiger partial charge in [-0.05, 0) is 55.3 Å². The average Bonchev–Trinajstić information content (AvgIpc) is 2.92. The minimum atomic E-state index is 0.124. The fraction of sp³-hybridized carbons (Fsp3) is 0.611. The highest BCUT2D eigenvalue weighted by Crippen LogP contribution is 2.25. The minimum Gasteiger partial charge on any atom is -0.336 e. The van der Waals surface area contributed by atoms with Crippen molar-refractivity contribution < 1.29 is 4.79 Å². The molecule has 3 nitrogen and oxygen atoms in total. The Morgan fingerprint density at radius 1 is 1.29 bits per heavy atom. The molecule has 1 aliphatic heterocycles. The van der Waals surface area contributed by atoms with Crippen LogP contribution in [-0.2, 0) is 5.41 Å². The van der Waals surface area contributed by atoms with Gasteiger partial charge in [0, 0.05) is 18.2 Å². The van der Waals surface area contributed by atoms with Crippen molar-refractivity contribution in [3.05, 3.63) is 35.4 Å². The molecule has 21 heavy (non-hydrogen) atoms. The lowest BCUT2D eigenvalue weighted by molar-refractivity contribution is 0.0729. The third-order valence-corrected chi connectivity index (χ3v) is 4.38. The standard InChI is InChI=1S/C18H28N2O/c1-18(2,3)15-10-8-14(9-11-15)17(21)20-13-5-7-16(20)6-4-12-19/h8-11,16H,4-7,12-13,19H2,1-3H3. The van der Waals surface area contributed by atoms with Crippen molar-refractivity contribution in [3.63, 3.8) is 0 Å². The van der Waals surface area contributed by atoms with Crippen LogP contribution in [0.2, 0.25) is 0 Å². The van der Waals surface area contributed by atoms with E-state index in [4.69, 9.17) is 5.73 Å². The summed E-state index contributed by atoms with van der Waals surface area (Å²) >= 11 is 0. The third kappa shape index (κ3) is 3.85. The number of carbonyl (C=O) groups excluding carboxylic acids is 1. The molecule has 1 saturated heterocycles. The van der Waals surface area contributed by atoms with Gasteiger partial charge in [0.15, 0.2) is 0 Å². The highest BCUT2D eigenvalue weighted by Gasteiger charge is 2.28. The molecule has 0 saturated carbocycles. The fourth-order valence-corrected chi connectivity index (χ4v) is 3.04. The third-order valence-electron chi connectivity index (χ3n) is 4.38. The molecule has 0 aromatic heterocycles. The number of nitrogens with zero attached hydrogens (tertiary/aromatic N) is 1. The quantitative estimate of drug-likeness (QED) is 0.923. The predicted molar refractivity (Wildman–Crippen MR) is 87.5 cm³/mol. The lowest BCUT2D eigenvalue weighted by Gasteiger charge is -2.25. The van der Waals surface area contributed by atoms with Gasteiger partial charge in [-0.2, -0.15) is 0 Å². The smallest absolute Gasteiger partial charge is 0.254 e. The van der Waals surface area contributed by atoms with E-state index in [0.717, 1.165) is 37.8 Å². The van der Waals surface area contributed by atoms with Gasteiger partial charge in [-0.15, -0.1) is 0 Å². The molecule has 1 fully saturated rings. The maximum Gasteiger partial charge on any atom is 0.254 e. The van der Waals surface area contributed by atoms with E-state index in [-0.39, 0.29) is 11.3 Å². The Hall–Kier alpha value is -1.35. The summed E-state index contributed by atoms with van der Waals surface area (Å²) in [6.07, 6.45) is 4.26. The number of likely N-dealkylation sites (tertiary alicyclic amines) is 1. The highest BCUT2D eigenvalue weighted by atomic mass is 16.2. The Labute approximate surface area is 128 Å². The second kappa shape index (κ2) is 6.61. The average molecular weight is 288 g/mol. The van der Waals surface area contributed by atoms with Crippen molar-refractivity contribution in [2.75, 3.05) is 13.1 Å². The van der Waals surface area contributed by atoms with Crippen LogP contribution in [-0.4, -0.2) is 29.9 Å². The first-order valence-corrected chi connectivity index (χ1v) is 8.05. The molecule has 0 aliphatic carbocycles. The number of hydrogen-bond donors (Lipinski definition) is 1. The first kappa shape index (κ1) is 16.0. The van der Waals surface area contributed by atoms with E-state index in [9.17, 15) is 4.79 Å². The van der Waals surface area contributed by atoms with Crippen LogP contribution in [0, 0.1) is 0 Å². The number of rotatable bonds is 4. The van der Waals surface area contributed by atoms with Gasteiger partial charge in [-0.25, -0.2) is 0 Å². The molecule has 2 N–H and O–H groups in total. The maximum absolute atomic E-state index is 12.7. The Bertz CT molecular complexity index is 473. The lowest BCUT2D eigenvalue weighted by atomic mass is 9.86. The van der Waals surface area contributed by atoms with Crippen LogP contribution in [0.5, 0.6) is 0 Å². The highest BCUT2D eigenvalue weighted by molar-refractivity contribution is 5.94. The summed E-state index contributed by atoms with van der Waals surface area (Å²) in [6, 6.07) is 8.49. The first-order valence-electron chi connectivity index (χ1n) is 8.05. The van der Waals surface area contributed by atoms with Crippen LogP contribution >= 0.6 is 0 Å². The zero-order valence-electron chi connectivity index (χ0n) is 13.6. The molecule has 0 spiro atoms. The van der Waals surface area contributed by atoms with Crippen LogP contribution in [0.4, 0.5) is 0 Å². The van der Waals surface area contributed by atoms with Gasteiger partial charge in [-0.1, -0.05) is 32.9 Å². The van der Waals surface area contributed by atoms with Gasteiger partial charge in [0.25, 0.3) is 5.91 Å². The van der Waals surface area contributed by atoms with Crippen LogP contribution in [0.3, 0.4) is 0 Å². The summed E-state index contributed by atoms with van der Waals surface area (Å²) in [5, 5.41) is 0. The van der Waals surface area contributed by atoms with Crippen LogP contribution in [0.1, 0.15) is 62.4 Å². The minimum absolute atomic E-state index is 0.124. The molecule has 1 heterocycles. The first-order chi connectivity index (χ1) is 9.93. The van der Waals surface area contributed by atoms with E-state index < -0.39 is 0 Å². The topological polar surface area (TPSA) is 46.3 Å². The van der Waals surface area contributed by atoms with Crippen LogP contribution < -0.4 is 5.73 Å². The van der Waals surface area contributed by atoms with Crippen LogP contribution in [0.25, 0.3) is 0 Å². The second-order valence-electron chi connectivity index (χ2n) is 7.05. The number of nitrogens with two attached hydrogens (primary N) is 1. The number of carbonyl (C=O) groups is 1. The Morgan fingerprint density at radius 2 is 1.95 bits per heavy atom. The molecule has 1 aromatic carbocycles. The summed E-state index contributed by atoms with van der Waals surface area (Å²) < 4.78 is 0. The molecule has 2 rings (SSSR count). The van der Waals surface area contributed by atoms with Gasteiger partial charge < -0.3 is 10.6 Å². The normalized spacial score (nSPS) is 19.0. The monoisotopic (exact) mass is 288 g/mol. The molecule has 0 radical (unpaired) electrons. The van der Waals surface area contributed by atoms with E-state index >= 15 is 0 Å². The van der Waals surface area contributed by atoms with Crippen molar-refractivity contribution in [2.45, 2.75) is 57.9 Å². The molecule has 1 amide bonds. The lowest BCUT2D eigenvalue weighted by Crippen LogP contribution is -2.35. The SMILES string of the molecule is CC(C)(C)c1ccc(C(=O)N2CCCC2CCCN)cc1. The molecular weight excluding hydrogens is 260 g/mol. The number of amides is 1. The molecule has 0 bridgehead atoms. The van der Waals surface area contributed by atoms with Crippen LogP contribution in [0.15, 0.2) is 24.3 Å². The van der Waals surface area contributed by atoms with Gasteiger partial charge in [-0.3, -0.25) is 4.79 Å². The van der Waals surface area contributed by atoms with Crippen molar-refractivity contribution in [1.82, 2.24) is 4.90 Å². The molecule has 116 valence electrons. The van der Waals surface area contributed by atoms with E-state index in [1.165, 1.54) is 5.56 Å². The predicted octanol–water partition coefficient (Wildman–Crippen LogP) is 3.33. The largest absolute Gasteiger partial charge is 0.336 e. The van der Waals surface area contributed by atoms with E-state index in [1.807, 2.05) is 17.0 Å². The van der Waals surface area contributed by atoms with Gasteiger partial charge in [0.1, 0.15) is 0 Å². The summed E-state index contributed by atoms with van der Waals surface area (Å²) in [5.74, 6) is 0.176. The molecule has 1 atom stereocenters. The van der Waals surface area contributed by atoms with Crippen molar-refractivity contribution in [1.29, 1.82) is 0 Å². The Morgan fingerprint density at radius 3 is 2.52 bits per heavy atom. The van der Waals surface area contributed by atoms with Crippen molar-refractivity contribution >= 4 is 5.91 Å². The summed E-state index contributed by atoms with van der Waals surface area (Å²) in [7, 11) is 0. The van der Waals surface area contributed by atoms with Gasteiger partial charge in [0.2, 0.25) is 0 Å². The summed E-state index contributed by atoms with van der Waals surface area (Å²) in [4.78, 5) is 14.7. The van der Waals surface area contributed by atoms with E-state index in [1.54, 1.807) is 0 Å². The molecule has 3 heteroatoms. The van der Waals surface area contributed by atoms with E-state index in [0.29, 0.717) is 12.6 Å². The molecule has 1 aliphatic rings. The number of hydrogen-bond acceptors (Lipinski definition) is 2. The Kier molecular flexibility index (Phi) is 5.04. The van der Waals surface area contributed by atoms with Gasteiger partial charge in [0.05, 0.1) is 0 Å². The fourth-order valence-electron chi connectivity index (χ4n) is 3.04. The zero-order chi connectivity index (χ0) is 15.5. The maximum atomic E-state index is 12.7. The summed E-state index contributed by atoms with van der Waals surface area (Å²) in [6.45, 7) is 8.15. The molecule has 1 aromatic rings. The molecule has 1 unspecified atom stereocenters. The zero-order valence-corrected chi connectivity index (χ0v) is 13.6. The number of benzene rings is 1. The summed E-state index contributed by atoms with van der Waals surface area (Å²) in [5.41, 5.74) is 7.79. The van der Waals surface area contributed by atoms with Crippen molar-refractivity contribution in [2.24, 2.45) is 5.73 Å². The van der Waals surface area contributed by atoms with Crippen molar-refractivity contribution in [3.8, 4) is 0 Å². The second-order valence-corrected chi connectivity index (χ2v) is 7.05. The van der Waals surface area contributed by atoms with Gasteiger partial charge >= 0.3 is 0 Å². The Balaban J connectivity index is 2.08. The van der Waals surface area contributed by atoms with E-state index in [2.05, 4.69) is 32.9 Å².